The fraction of sp³-hybridized carbons (Fsp3) is 0.280. The van der Waals surface area contributed by atoms with Gasteiger partial charge in [0, 0.05) is 5.70 Å². The molecule has 0 aliphatic carbocycles. The van der Waals surface area contributed by atoms with Gasteiger partial charge in [-0.25, -0.2) is 15.0 Å². The summed E-state index contributed by atoms with van der Waals surface area (Å²) in [6.07, 6.45) is 1.32. The van der Waals surface area contributed by atoms with E-state index in [4.69, 9.17) is 30.5 Å². The quantitative estimate of drug-likeness (QED) is 0.201. The van der Waals surface area contributed by atoms with Gasteiger partial charge in [0.2, 0.25) is 0 Å². The van der Waals surface area contributed by atoms with E-state index >= 15 is 0 Å². The number of methoxy groups -OCH3 is 2. The molecule has 2 aromatic carbocycles. The van der Waals surface area contributed by atoms with Crippen LogP contribution >= 0.6 is 11.6 Å². The Labute approximate surface area is 223 Å². The predicted octanol–water partition coefficient (Wildman–Crippen LogP) is 2.78. The predicted molar refractivity (Wildman–Crippen MR) is 138 cm³/mol. The second-order valence-electron chi connectivity index (χ2n) is 7.84. The molecule has 0 unspecified atom stereocenters. The zero-order valence-electron chi connectivity index (χ0n) is 21.1. The molecule has 202 valence electrons. The fourth-order valence-electron chi connectivity index (χ4n) is 3.58. The third-order valence-electron chi connectivity index (χ3n) is 5.32. The number of esters is 1. The summed E-state index contributed by atoms with van der Waals surface area (Å²) < 4.78 is 21.1. The number of nitrogens with one attached hydrogen (secondary N) is 3. The molecule has 1 atom stereocenters. The average molecular weight is 547 g/mol. The minimum absolute atomic E-state index is 0.0695. The lowest BCUT2D eigenvalue weighted by Crippen LogP contribution is -2.45. The molecular weight excluding hydrogens is 520 g/mol. The molecule has 0 bridgehead atoms. The lowest BCUT2D eigenvalue weighted by Gasteiger charge is -2.28. The number of benzene rings is 2. The number of phenols is 1. The van der Waals surface area contributed by atoms with Crippen molar-refractivity contribution in [3.8, 4) is 23.0 Å². The van der Waals surface area contributed by atoms with Crippen LogP contribution in [0.4, 0.5) is 4.79 Å². The number of carbonyl (C=O) groups excluding carboxylic acids is 3. The smallest absolute Gasteiger partial charge is 0.338 e. The van der Waals surface area contributed by atoms with E-state index in [-0.39, 0.29) is 46.8 Å². The van der Waals surface area contributed by atoms with E-state index in [1.54, 1.807) is 32.0 Å². The van der Waals surface area contributed by atoms with Crippen LogP contribution in [0.2, 0.25) is 5.02 Å². The van der Waals surface area contributed by atoms with Gasteiger partial charge in [-0.05, 0) is 49.2 Å². The first-order chi connectivity index (χ1) is 18.2. The maximum atomic E-state index is 12.5. The number of hydrazone groups is 1. The number of carbonyl (C=O) groups is 3. The number of rotatable bonds is 10. The van der Waals surface area contributed by atoms with E-state index in [2.05, 4.69) is 21.2 Å². The number of phenolic OH excluding ortho intramolecular Hbond substituents is 1. The minimum Gasteiger partial charge on any atom is -0.503 e. The Balaban J connectivity index is 1.69. The van der Waals surface area contributed by atoms with Gasteiger partial charge in [0.1, 0.15) is 0 Å². The number of urea groups is 1. The fourth-order valence-corrected chi connectivity index (χ4v) is 3.80. The van der Waals surface area contributed by atoms with Crippen LogP contribution in [0.1, 0.15) is 31.0 Å². The summed E-state index contributed by atoms with van der Waals surface area (Å²) in [4.78, 5) is 36.8. The number of amides is 3. The Bertz CT molecular complexity index is 1290. The van der Waals surface area contributed by atoms with E-state index in [1.165, 1.54) is 32.6 Å². The Morgan fingerprint density at radius 2 is 1.89 bits per heavy atom. The second kappa shape index (κ2) is 12.7. The maximum absolute atomic E-state index is 12.5. The molecule has 1 aliphatic heterocycles. The number of allylic oxidation sites excluding steroid dienone is 1. The van der Waals surface area contributed by atoms with Gasteiger partial charge in [-0.2, -0.15) is 5.10 Å². The topological polar surface area (TPSA) is 157 Å². The zero-order chi connectivity index (χ0) is 27.8. The molecule has 38 heavy (non-hydrogen) atoms. The molecule has 0 aromatic heterocycles. The van der Waals surface area contributed by atoms with Crippen molar-refractivity contribution < 1.29 is 38.4 Å². The van der Waals surface area contributed by atoms with Crippen molar-refractivity contribution in [2.24, 2.45) is 5.10 Å². The van der Waals surface area contributed by atoms with Crippen LogP contribution in [0, 0.1) is 0 Å². The van der Waals surface area contributed by atoms with E-state index in [9.17, 15) is 19.5 Å². The van der Waals surface area contributed by atoms with Gasteiger partial charge < -0.3 is 34.7 Å². The molecule has 3 amide bonds. The molecule has 0 saturated heterocycles. The highest BCUT2D eigenvalue weighted by Gasteiger charge is 2.32. The first kappa shape index (κ1) is 28.1. The summed E-state index contributed by atoms with van der Waals surface area (Å²) in [5.41, 5.74) is 3.98. The lowest BCUT2D eigenvalue weighted by molar-refractivity contribution is -0.139. The molecule has 13 heteroatoms. The molecule has 0 radical (unpaired) electrons. The van der Waals surface area contributed by atoms with Gasteiger partial charge >= 0.3 is 12.0 Å². The summed E-state index contributed by atoms with van der Waals surface area (Å²) in [5, 5.41) is 19.0. The Morgan fingerprint density at radius 1 is 1.16 bits per heavy atom. The number of aromatic hydroxyl groups is 1. The summed E-state index contributed by atoms with van der Waals surface area (Å²) in [6.45, 7) is 3.09. The van der Waals surface area contributed by atoms with E-state index in [1.807, 2.05) is 0 Å². The van der Waals surface area contributed by atoms with Crippen molar-refractivity contribution in [2.75, 3.05) is 27.4 Å². The van der Waals surface area contributed by atoms with E-state index < -0.39 is 23.9 Å². The number of ether oxygens (including phenoxy) is 4. The van der Waals surface area contributed by atoms with Gasteiger partial charge in [-0.15, -0.1) is 0 Å². The number of hydrogen-bond donors (Lipinski definition) is 4. The van der Waals surface area contributed by atoms with Crippen molar-refractivity contribution in [3.05, 3.63) is 57.8 Å². The van der Waals surface area contributed by atoms with Crippen LogP contribution < -0.4 is 30.3 Å². The SMILES string of the molecule is CCOC(=O)C1=C(C)NC(=O)N[C@H]1c1ccc(OCC(=O)N/N=C\c2cc(Cl)c(O)c(OC)c2)c(OC)c1. The Kier molecular flexibility index (Phi) is 9.39. The van der Waals surface area contributed by atoms with Crippen LogP contribution in [-0.4, -0.2) is 56.7 Å². The maximum Gasteiger partial charge on any atom is 0.338 e. The van der Waals surface area contributed by atoms with Gasteiger partial charge in [-0.3, -0.25) is 4.79 Å². The molecule has 4 N–H and O–H groups in total. The summed E-state index contributed by atoms with van der Waals surface area (Å²) in [7, 11) is 2.80. The van der Waals surface area contributed by atoms with Crippen molar-refractivity contribution in [2.45, 2.75) is 19.9 Å². The van der Waals surface area contributed by atoms with Crippen molar-refractivity contribution in [1.29, 1.82) is 0 Å². The van der Waals surface area contributed by atoms with Crippen LogP contribution in [0.3, 0.4) is 0 Å². The molecule has 0 spiro atoms. The van der Waals surface area contributed by atoms with Crippen LogP contribution in [0.5, 0.6) is 23.0 Å². The van der Waals surface area contributed by atoms with Gasteiger partial charge in [0.15, 0.2) is 29.6 Å². The molecule has 2 aromatic rings. The molecular formula is C25H27ClN4O8. The zero-order valence-corrected chi connectivity index (χ0v) is 21.8. The van der Waals surface area contributed by atoms with Crippen LogP contribution in [0.25, 0.3) is 0 Å². The summed E-state index contributed by atoms with van der Waals surface area (Å²) >= 11 is 5.94. The molecule has 0 fully saturated rings. The molecule has 3 rings (SSSR count). The number of halogens is 1. The molecule has 1 heterocycles. The summed E-state index contributed by atoms with van der Waals surface area (Å²) in [5.74, 6) is -0.629. The van der Waals surface area contributed by atoms with E-state index in [0.29, 0.717) is 16.8 Å². The lowest BCUT2D eigenvalue weighted by atomic mass is 9.95. The first-order valence-electron chi connectivity index (χ1n) is 11.3. The Hall–Kier alpha value is -4.45. The third kappa shape index (κ3) is 6.65. The van der Waals surface area contributed by atoms with Crippen LogP contribution in [0.15, 0.2) is 46.7 Å². The number of nitrogens with zero attached hydrogens (tertiary/aromatic N) is 1. The van der Waals surface area contributed by atoms with Crippen LogP contribution in [-0.2, 0) is 14.3 Å². The summed E-state index contributed by atoms with van der Waals surface area (Å²) in [6, 6.07) is 6.48. The van der Waals surface area contributed by atoms with Gasteiger partial charge in [0.05, 0.1) is 43.7 Å². The van der Waals surface area contributed by atoms with Crippen molar-refractivity contribution in [3.63, 3.8) is 0 Å². The molecule has 1 aliphatic rings. The molecule has 12 nitrogen and oxygen atoms in total. The second-order valence-corrected chi connectivity index (χ2v) is 8.24. The van der Waals surface area contributed by atoms with Crippen molar-refractivity contribution >= 4 is 35.7 Å². The minimum atomic E-state index is -0.782. The molecule has 0 saturated carbocycles. The standard InChI is InChI=1S/C25H27ClN4O8/c1-5-37-24(33)21-13(2)28-25(34)29-22(21)15-6-7-17(18(10-15)35-3)38-12-20(31)30-27-11-14-8-16(26)23(32)19(9-14)36-4/h6-11,22,32H,5,12H2,1-4H3,(H,30,31)(H2,28,29,34)/b27-11-/t22-/m0/s1. The monoisotopic (exact) mass is 546 g/mol. The third-order valence-corrected chi connectivity index (χ3v) is 5.61. The van der Waals surface area contributed by atoms with Crippen molar-refractivity contribution in [1.82, 2.24) is 16.1 Å². The highest BCUT2D eigenvalue weighted by Crippen LogP contribution is 2.35. The van der Waals surface area contributed by atoms with Gasteiger partial charge in [0.25, 0.3) is 5.91 Å². The highest BCUT2D eigenvalue weighted by atomic mass is 35.5. The largest absolute Gasteiger partial charge is 0.503 e. The van der Waals surface area contributed by atoms with E-state index in [0.717, 1.165) is 0 Å². The average Bonchev–Trinajstić information content (AvgIpc) is 2.88. The van der Waals surface area contributed by atoms with Gasteiger partial charge in [-0.1, -0.05) is 17.7 Å². The Morgan fingerprint density at radius 3 is 2.58 bits per heavy atom. The normalized spacial score (nSPS) is 15.0. The number of hydrogen-bond acceptors (Lipinski definition) is 9. The first-order valence-corrected chi connectivity index (χ1v) is 11.7. The highest BCUT2D eigenvalue weighted by molar-refractivity contribution is 6.32.